The first-order valence-corrected chi connectivity index (χ1v) is 10.0. The average Bonchev–Trinajstić information content (AvgIpc) is 3.48. The molecule has 1 saturated heterocycles. The summed E-state index contributed by atoms with van der Waals surface area (Å²) in [6, 6.07) is 9.57. The molecule has 2 unspecified atom stereocenters. The van der Waals surface area contributed by atoms with Gasteiger partial charge in [0.2, 0.25) is 11.8 Å². The maximum absolute atomic E-state index is 13.0. The van der Waals surface area contributed by atoms with E-state index < -0.39 is 12.2 Å². The van der Waals surface area contributed by atoms with Gasteiger partial charge in [-0.2, -0.15) is 0 Å². The van der Waals surface area contributed by atoms with Gasteiger partial charge in [-0.3, -0.25) is 14.9 Å². The monoisotopic (exact) mass is 393 g/mol. The number of carbonyl (C=O) groups is 2. The first kappa shape index (κ1) is 19.5. The molecule has 3 N–H and O–H groups in total. The minimum Gasteiger partial charge on any atom is -0.345 e. The first-order chi connectivity index (χ1) is 13.8. The van der Waals surface area contributed by atoms with Gasteiger partial charge in [-0.15, -0.1) is 0 Å². The van der Waals surface area contributed by atoms with E-state index in [4.69, 9.17) is 0 Å². The largest absolute Gasteiger partial charge is 0.345 e. The summed E-state index contributed by atoms with van der Waals surface area (Å²) in [6.45, 7) is 6.55. The third-order valence-electron chi connectivity index (χ3n) is 5.64. The summed E-state index contributed by atoms with van der Waals surface area (Å²) in [5.41, 5.74) is 2.13. The van der Waals surface area contributed by atoms with Crippen LogP contribution in [-0.4, -0.2) is 27.8 Å². The lowest BCUT2D eigenvalue weighted by atomic mass is 9.86. The second-order valence-electron chi connectivity index (χ2n) is 8.93. The van der Waals surface area contributed by atoms with Gasteiger partial charge in [0, 0.05) is 12.4 Å². The van der Waals surface area contributed by atoms with Gasteiger partial charge >= 0.3 is 0 Å². The van der Waals surface area contributed by atoms with Crippen LogP contribution in [0.4, 0.5) is 0 Å². The second kappa shape index (κ2) is 7.22. The molecule has 2 amide bonds. The van der Waals surface area contributed by atoms with Crippen molar-refractivity contribution in [2.24, 2.45) is 0 Å². The number of amides is 2. The SMILES string of the molecule is CC(C)(C)c1ccc(C2(NC(=O)C3CC(=O)NC(c4ncccn4)N3)CC2)cc1. The summed E-state index contributed by atoms with van der Waals surface area (Å²) < 4.78 is 0. The molecule has 1 aromatic heterocycles. The number of hydrogen-bond donors (Lipinski definition) is 3. The molecule has 2 heterocycles. The maximum atomic E-state index is 13.0. The fraction of sp³-hybridized carbons (Fsp3) is 0.455. The number of aromatic nitrogens is 2. The lowest BCUT2D eigenvalue weighted by molar-refractivity contribution is -0.132. The number of hydrogen-bond acceptors (Lipinski definition) is 5. The van der Waals surface area contributed by atoms with E-state index in [9.17, 15) is 9.59 Å². The molecule has 1 aromatic carbocycles. The van der Waals surface area contributed by atoms with Crippen molar-refractivity contribution < 1.29 is 9.59 Å². The van der Waals surface area contributed by atoms with E-state index in [0.29, 0.717) is 5.82 Å². The normalized spacial score (nSPS) is 23.2. The van der Waals surface area contributed by atoms with Crippen molar-refractivity contribution in [1.82, 2.24) is 25.9 Å². The van der Waals surface area contributed by atoms with E-state index in [1.807, 2.05) is 0 Å². The van der Waals surface area contributed by atoms with Gasteiger partial charge in [0.05, 0.1) is 18.0 Å². The molecule has 4 rings (SSSR count). The highest BCUT2D eigenvalue weighted by molar-refractivity contribution is 5.90. The maximum Gasteiger partial charge on any atom is 0.238 e. The van der Waals surface area contributed by atoms with E-state index in [2.05, 4.69) is 71.0 Å². The fourth-order valence-electron chi connectivity index (χ4n) is 3.70. The number of benzene rings is 1. The molecule has 1 saturated carbocycles. The molecule has 2 aromatic rings. The fourth-order valence-corrected chi connectivity index (χ4v) is 3.70. The summed E-state index contributed by atoms with van der Waals surface area (Å²) >= 11 is 0. The van der Waals surface area contributed by atoms with Crippen LogP contribution < -0.4 is 16.0 Å². The van der Waals surface area contributed by atoms with E-state index >= 15 is 0 Å². The lowest BCUT2D eigenvalue weighted by Crippen LogP contribution is -2.57. The predicted molar refractivity (Wildman–Crippen MR) is 109 cm³/mol. The van der Waals surface area contributed by atoms with Crippen molar-refractivity contribution in [3.8, 4) is 0 Å². The Bertz CT molecular complexity index is 901. The molecule has 1 aliphatic heterocycles. The van der Waals surface area contributed by atoms with Gasteiger partial charge in [-0.05, 0) is 35.4 Å². The molecule has 7 nitrogen and oxygen atoms in total. The van der Waals surface area contributed by atoms with Crippen LogP contribution in [0.2, 0.25) is 0 Å². The average molecular weight is 393 g/mol. The first-order valence-electron chi connectivity index (χ1n) is 10.0. The molecule has 0 radical (unpaired) electrons. The Morgan fingerprint density at radius 3 is 2.38 bits per heavy atom. The van der Waals surface area contributed by atoms with Gasteiger partial charge in [0.15, 0.2) is 5.82 Å². The van der Waals surface area contributed by atoms with Crippen molar-refractivity contribution in [2.75, 3.05) is 0 Å². The van der Waals surface area contributed by atoms with Crippen LogP contribution in [0.3, 0.4) is 0 Å². The Labute approximate surface area is 170 Å². The summed E-state index contributed by atoms with van der Waals surface area (Å²) in [5.74, 6) is 0.0798. The van der Waals surface area contributed by atoms with Crippen molar-refractivity contribution >= 4 is 11.8 Å². The highest BCUT2D eigenvalue weighted by Gasteiger charge is 2.47. The minimum absolute atomic E-state index is 0.0897. The van der Waals surface area contributed by atoms with Crippen molar-refractivity contribution in [3.63, 3.8) is 0 Å². The van der Waals surface area contributed by atoms with Gasteiger partial charge in [-0.25, -0.2) is 9.97 Å². The molecule has 0 bridgehead atoms. The van der Waals surface area contributed by atoms with Crippen LogP contribution in [0.1, 0.15) is 63.2 Å². The Hall–Kier alpha value is -2.80. The van der Waals surface area contributed by atoms with Crippen LogP contribution in [0.5, 0.6) is 0 Å². The molecule has 152 valence electrons. The molecule has 7 heteroatoms. The summed E-state index contributed by atoms with van der Waals surface area (Å²) in [5, 5.41) is 9.14. The third-order valence-corrected chi connectivity index (χ3v) is 5.64. The quantitative estimate of drug-likeness (QED) is 0.739. The number of carbonyl (C=O) groups excluding carboxylic acids is 2. The molecule has 2 fully saturated rings. The van der Waals surface area contributed by atoms with Gasteiger partial charge < -0.3 is 10.6 Å². The zero-order valence-electron chi connectivity index (χ0n) is 17.0. The Balaban J connectivity index is 1.46. The number of nitrogens with zero attached hydrogens (tertiary/aromatic N) is 2. The molecular weight excluding hydrogens is 366 g/mol. The predicted octanol–water partition coefficient (Wildman–Crippen LogP) is 2.06. The minimum atomic E-state index is -0.621. The summed E-state index contributed by atoms with van der Waals surface area (Å²) in [6.07, 6.45) is 4.54. The van der Waals surface area contributed by atoms with Crippen LogP contribution in [0.25, 0.3) is 0 Å². The molecule has 2 aliphatic rings. The number of rotatable bonds is 4. The van der Waals surface area contributed by atoms with Gasteiger partial charge in [-0.1, -0.05) is 45.0 Å². The molecular formula is C22H27N5O2. The smallest absolute Gasteiger partial charge is 0.238 e. The van der Waals surface area contributed by atoms with Crippen LogP contribution in [0, 0.1) is 0 Å². The van der Waals surface area contributed by atoms with E-state index in [0.717, 1.165) is 18.4 Å². The zero-order valence-corrected chi connectivity index (χ0v) is 17.0. The second-order valence-corrected chi connectivity index (χ2v) is 8.93. The zero-order chi connectivity index (χ0) is 20.6. The van der Waals surface area contributed by atoms with Crippen LogP contribution >= 0.6 is 0 Å². The van der Waals surface area contributed by atoms with Crippen LogP contribution in [-0.2, 0) is 20.5 Å². The Morgan fingerprint density at radius 1 is 1.14 bits per heavy atom. The van der Waals surface area contributed by atoms with E-state index in [-0.39, 0.29) is 29.2 Å². The molecule has 1 aliphatic carbocycles. The van der Waals surface area contributed by atoms with E-state index in [1.54, 1.807) is 18.5 Å². The highest BCUT2D eigenvalue weighted by atomic mass is 16.2. The van der Waals surface area contributed by atoms with Crippen molar-refractivity contribution in [3.05, 3.63) is 59.7 Å². The summed E-state index contributed by atoms with van der Waals surface area (Å²) in [7, 11) is 0. The topological polar surface area (TPSA) is 96.0 Å². The van der Waals surface area contributed by atoms with Crippen molar-refractivity contribution in [2.45, 2.75) is 63.2 Å². The molecule has 2 atom stereocenters. The highest BCUT2D eigenvalue weighted by Crippen LogP contribution is 2.46. The van der Waals surface area contributed by atoms with Gasteiger partial charge in [0.25, 0.3) is 0 Å². The Morgan fingerprint density at radius 2 is 1.79 bits per heavy atom. The van der Waals surface area contributed by atoms with Crippen LogP contribution in [0.15, 0.2) is 42.7 Å². The number of nitrogens with one attached hydrogen (secondary N) is 3. The lowest BCUT2D eigenvalue weighted by Gasteiger charge is -2.31. The Kier molecular flexibility index (Phi) is 4.86. The van der Waals surface area contributed by atoms with E-state index in [1.165, 1.54) is 5.56 Å². The molecule has 0 spiro atoms. The third kappa shape index (κ3) is 4.15. The standard InChI is InChI=1S/C22H27N5O2/c1-21(2,3)14-5-7-15(8-6-14)22(9-10-22)27-20(29)16-13-17(28)26-19(25-16)18-23-11-4-12-24-18/h4-8,11-12,16,19,25H,9-10,13H2,1-3H3,(H,26,28)(H,27,29). The molecule has 29 heavy (non-hydrogen) atoms. The van der Waals surface area contributed by atoms with Crippen molar-refractivity contribution in [1.29, 1.82) is 0 Å². The summed E-state index contributed by atoms with van der Waals surface area (Å²) in [4.78, 5) is 33.5. The van der Waals surface area contributed by atoms with Gasteiger partial charge in [0.1, 0.15) is 6.17 Å².